The molecule has 1 unspecified atom stereocenters. The number of hydrogen-bond acceptors (Lipinski definition) is 1. The van der Waals surface area contributed by atoms with Gasteiger partial charge in [0, 0.05) is 12.3 Å². The largest absolute Gasteiger partial charge is 0.299 e. The molecule has 1 atom stereocenters. The lowest BCUT2D eigenvalue weighted by molar-refractivity contribution is -0.123. The van der Waals surface area contributed by atoms with E-state index in [0.717, 1.165) is 19.3 Å². The molecular weight excluding hydrogens is 176 g/mol. The fraction of sp³-hybridized carbons (Fsp3) is 0.727. The van der Waals surface area contributed by atoms with E-state index in [1.807, 2.05) is 0 Å². The predicted octanol–water partition coefficient (Wildman–Crippen LogP) is 3.18. The van der Waals surface area contributed by atoms with Crippen LogP contribution in [0.2, 0.25) is 19.6 Å². The van der Waals surface area contributed by atoms with Gasteiger partial charge in [-0.05, 0) is 12.8 Å². The fourth-order valence-electron chi connectivity index (χ4n) is 1.87. The highest BCUT2D eigenvalue weighted by Gasteiger charge is 2.31. The number of rotatable bonds is 2. The van der Waals surface area contributed by atoms with E-state index in [9.17, 15) is 4.79 Å². The summed E-state index contributed by atoms with van der Waals surface area (Å²) >= 11 is 0. The van der Waals surface area contributed by atoms with E-state index in [1.165, 1.54) is 11.6 Å². The maximum Gasteiger partial charge on any atom is 0.139 e. The van der Waals surface area contributed by atoms with E-state index in [0.29, 0.717) is 5.78 Å². The van der Waals surface area contributed by atoms with Crippen molar-refractivity contribution in [1.82, 2.24) is 0 Å². The lowest BCUT2D eigenvalue weighted by atomic mass is 9.88. The van der Waals surface area contributed by atoms with E-state index in [1.54, 1.807) is 0 Å². The van der Waals surface area contributed by atoms with Crippen LogP contribution in [-0.4, -0.2) is 13.9 Å². The Labute approximate surface area is 82.2 Å². The average molecular weight is 196 g/mol. The van der Waals surface area contributed by atoms with Crippen LogP contribution in [0.4, 0.5) is 0 Å². The molecule has 1 rings (SSSR count). The van der Waals surface area contributed by atoms with Crippen LogP contribution in [0, 0.1) is 5.92 Å². The second kappa shape index (κ2) is 3.78. The van der Waals surface area contributed by atoms with Gasteiger partial charge in [-0.2, -0.15) is 0 Å². The Hall–Kier alpha value is -0.373. The minimum Gasteiger partial charge on any atom is -0.299 e. The number of allylic oxidation sites excluding steroid dienone is 1. The molecule has 0 N–H and O–H groups in total. The van der Waals surface area contributed by atoms with Crippen molar-refractivity contribution in [2.75, 3.05) is 0 Å². The van der Waals surface area contributed by atoms with E-state index in [4.69, 9.17) is 0 Å². The minimum atomic E-state index is -1.31. The zero-order valence-electron chi connectivity index (χ0n) is 9.02. The average Bonchev–Trinajstić information content (AvgIpc) is 2.02. The van der Waals surface area contributed by atoms with Gasteiger partial charge < -0.3 is 0 Å². The van der Waals surface area contributed by atoms with Crippen molar-refractivity contribution in [3.05, 3.63) is 11.8 Å². The Balaban J connectivity index is 2.70. The molecule has 0 radical (unpaired) electrons. The van der Waals surface area contributed by atoms with Crippen molar-refractivity contribution < 1.29 is 4.79 Å². The summed E-state index contributed by atoms with van der Waals surface area (Å²) in [5, 5.41) is 1.26. The minimum absolute atomic E-state index is 0.209. The third-order valence-electron chi connectivity index (χ3n) is 2.94. The van der Waals surface area contributed by atoms with Crippen LogP contribution < -0.4 is 0 Å². The van der Waals surface area contributed by atoms with E-state index in [-0.39, 0.29) is 5.92 Å². The van der Waals surface area contributed by atoms with Gasteiger partial charge >= 0.3 is 0 Å². The van der Waals surface area contributed by atoms with Crippen LogP contribution in [0.1, 0.15) is 25.7 Å². The fourth-order valence-corrected chi connectivity index (χ4v) is 3.22. The van der Waals surface area contributed by atoms with Crippen molar-refractivity contribution >= 4 is 13.9 Å². The molecule has 0 aromatic heterocycles. The summed E-state index contributed by atoms with van der Waals surface area (Å²) in [5.74, 6) is 0.652. The Morgan fingerprint density at radius 1 is 1.38 bits per heavy atom. The van der Waals surface area contributed by atoms with Crippen LogP contribution in [0.25, 0.3) is 0 Å². The number of carbonyl (C=O) groups excluding carboxylic acids is 1. The van der Waals surface area contributed by atoms with Gasteiger partial charge in [0.1, 0.15) is 5.78 Å². The molecule has 13 heavy (non-hydrogen) atoms. The highest BCUT2D eigenvalue weighted by Crippen LogP contribution is 2.31. The number of hydrogen-bond donors (Lipinski definition) is 0. The van der Waals surface area contributed by atoms with Gasteiger partial charge in [-0.3, -0.25) is 4.79 Å². The van der Waals surface area contributed by atoms with Crippen LogP contribution in [0.5, 0.6) is 0 Å². The molecule has 0 aromatic rings. The highest BCUT2D eigenvalue weighted by molar-refractivity contribution is 6.83. The molecule has 1 nitrogen and oxygen atoms in total. The third kappa shape index (κ3) is 2.53. The molecule has 0 bridgehead atoms. The second-order valence-electron chi connectivity index (χ2n) is 5.04. The predicted molar refractivity (Wildman–Crippen MR) is 59.5 cm³/mol. The number of Topliss-reactive ketones (excluding diaryl/α,β-unsaturated/α-hetero) is 1. The first-order valence-electron chi connectivity index (χ1n) is 5.15. The summed E-state index contributed by atoms with van der Waals surface area (Å²) in [6, 6.07) is 0. The van der Waals surface area contributed by atoms with Gasteiger partial charge in [0.15, 0.2) is 0 Å². The van der Waals surface area contributed by atoms with Crippen molar-refractivity contribution in [3.8, 4) is 0 Å². The quantitative estimate of drug-likeness (QED) is 0.620. The van der Waals surface area contributed by atoms with Crippen LogP contribution >= 0.6 is 0 Å². The van der Waals surface area contributed by atoms with E-state index >= 15 is 0 Å². The molecule has 2 heteroatoms. The first-order valence-corrected chi connectivity index (χ1v) is 8.65. The van der Waals surface area contributed by atoms with Gasteiger partial charge in [0.05, 0.1) is 8.07 Å². The van der Waals surface area contributed by atoms with Crippen LogP contribution in [0.15, 0.2) is 11.8 Å². The molecular formula is C11H20OSi. The summed E-state index contributed by atoms with van der Waals surface area (Å²) < 4.78 is 0. The molecule has 1 aliphatic carbocycles. The molecule has 1 aliphatic rings. The van der Waals surface area contributed by atoms with Gasteiger partial charge in [0.25, 0.3) is 0 Å². The normalized spacial score (nSPS) is 24.5. The first kappa shape index (κ1) is 10.7. The maximum absolute atomic E-state index is 11.6. The van der Waals surface area contributed by atoms with Gasteiger partial charge in [-0.1, -0.05) is 31.3 Å². The monoisotopic (exact) mass is 196 g/mol. The summed E-state index contributed by atoms with van der Waals surface area (Å²) in [5.41, 5.74) is 0. The molecule has 74 valence electrons. The standard InChI is InChI=1S/C11H20OSi/c1-9(13(2,3)4)10-7-5-6-8-11(10)12/h10H,1,5-8H2,2-4H3. The molecule has 1 saturated carbocycles. The van der Waals surface area contributed by atoms with Crippen molar-refractivity contribution in [1.29, 1.82) is 0 Å². The number of ketones is 1. The van der Waals surface area contributed by atoms with E-state index in [2.05, 4.69) is 26.2 Å². The molecule has 0 saturated heterocycles. The topological polar surface area (TPSA) is 17.1 Å². The van der Waals surface area contributed by atoms with Gasteiger partial charge in [-0.15, -0.1) is 6.58 Å². The van der Waals surface area contributed by atoms with Gasteiger partial charge in [0.2, 0.25) is 0 Å². The maximum atomic E-state index is 11.6. The molecule has 0 aliphatic heterocycles. The van der Waals surface area contributed by atoms with Crippen LogP contribution in [0.3, 0.4) is 0 Å². The van der Waals surface area contributed by atoms with Crippen molar-refractivity contribution in [3.63, 3.8) is 0 Å². The number of carbonyl (C=O) groups is 1. The highest BCUT2D eigenvalue weighted by atomic mass is 28.3. The Morgan fingerprint density at radius 2 is 2.00 bits per heavy atom. The zero-order valence-corrected chi connectivity index (χ0v) is 10.0. The summed E-state index contributed by atoms with van der Waals surface area (Å²) in [6.45, 7) is 11.0. The van der Waals surface area contributed by atoms with E-state index < -0.39 is 8.07 Å². The van der Waals surface area contributed by atoms with Gasteiger partial charge in [-0.25, -0.2) is 0 Å². The Bertz CT molecular complexity index is 225. The summed E-state index contributed by atoms with van der Waals surface area (Å²) in [7, 11) is -1.31. The SMILES string of the molecule is C=C(C1CCCCC1=O)[Si](C)(C)C. The molecule has 1 fully saturated rings. The molecule has 0 heterocycles. The zero-order chi connectivity index (χ0) is 10.1. The Kier molecular flexibility index (Phi) is 3.12. The Morgan fingerprint density at radius 3 is 2.46 bits per heavy atom. The van der Waals surface area contributed by atoms with Crippen molar-refractivity contribution in [2.45, 2.75) is 45.3 Å². The first-order chi connectivity index (χ1) is 5.93. The second-order valence-corrected chi connectivity index (χ2v) is 10.2. The lowest BCUT2D eigenvalue weighted by Gasteiger charge is -2.29. The van der Waals surface area contributed by atoms with Crippen molar-refractivity contribution in [2.24, 2.45) is 5.92 Å². The lowest BCUT2D eigenvalue weighted by Crippen LogP contribution is -2.33. The molecule has 0 amide bonds. The summed E-state index contributed by atoms with van der Waals surface area (Å²) in [6.07, 6.45) is 4.14. The summed E-state index contributed by atoms with van der Waals surface area (Å²) in [4.78, 5) is 11.6. The molecule has 0 aromatic carbocycles. The smallest absolute Gasteiger partial charge is 0.139 e. The molecule has 0 spiro atoms. The third-order valence-corrected chi connectivity index (χ3v) is 5.21. The van der Waals surface area contributed by atoms with Crippen LogP contribution in [-0.2, 0) is 4.79 Å².